The van der Waals surface area contributed by atoms with Crippen LogP contribution in [0.15, 0.2) is 0 Å². The van der Waals surface area contributed by atoms with Crippen molar-refractivity contribution in [2.24, 2.45) is 0 Å². The first-order chi connectivity index (χ1) is 2.00. The molecule has 0 aromatic carbocycles. The molecule has 0 radical (unpaired) electrons. The van der Waals surface area contributed by atoms with Crippen LogP contribution < -0.4 is 0 Å². The van der Waals surface area contributed by atoms with Crippen LogP contribution in [0.4, 0.5) is 0 Å². The molecule has 0 saturated heterocycles. The second-order valence-corrected chi connectivity index (χ2v) is 18.9. The quantitative estimate of drug-likeness (QED) is 0.519. The van der Waals surface area contributed by atoms with Gasteiger partial charge in [0.05, 0.1) is 0 Å². The van der Waals surface area contributed by atoms with Crippen molar-refractivity contribution in [3.05, 3.63) is 0 Å². The molecule has 0 bridgehead atoms. The first-order valence-corrected chi connectivity index (χ1v) is 11.4. The Morgan fingerprint density at radius 1 is 1.20 bits per heavy atom. The maximum atomic E-state index is 5.25. The van der Waals surface area contributed by atoms with Gasteiger partial charge in [0.1, 0.15) is 0 Å². The Bertz CT molecular complexity index is 22.4. The Hall–Kier alpha value is 1.41. The predicted octanol–water partition coefficient (Wildman–Crippen LogP) is 2.27. The molecule has 0 saturated carbocycles. The van der Waals surface area contributed by atoms with Crippen molar-refractivity contribution >= 4 is 40.5 Å². The molecule has 4 heteroatoms. The second-order valence-electron chi connectivity index (χ2n) is 0.781. The third-order valence-electron chi connectivity index (χ3n) is 0. The van der Waals surface area contributed by atoms with E-state index in [9.17, 15) is 0 Å². The molecule has 0 aromatic heterocycles. The third-order valence-corrected chi connectivity index (χ3v) is 0. The van der Waals surface area contributed by atoms with Crippen molar-refractivity contribution in [1.82, 2.24) is 0 Å². The molecule has 0 rings (SSSR count). The normalized spacial score (nSPS) is 12.0. The molecule has 0 N–H and O–H groups in total. The molecule has 0 aromatic rings. The SMILES string of the molecule is [CH3][Ge]([Cl])([Cl])[Cl]. The van der Waals surface area contributed by atoms with Crippen molar-refractivity contribution in [3.63, 3.8) is 0 Å². The van der Waals surface area contributed by atoms with Gasteiger partial charge in [-0.1, -0.05) is 0 Å². The molecule has 0 spiro atoms. The van der Waals surface area contributed by atoms with E-state index in [0.717, 1.165) is 0 Å². The zero-order valence-corrected chi connectivity index (χ0v) is 7.00. The molecule has 0 aliphatic heterocycles. The van der Waals surface area contributed by atoms with E-state index < -0.39 is 10.5 Å². The fourth-order valence-corrected chi connectivity index (χ4v) is 0. The Morgan fingerprint density at radius 2 is 1.20 bits per heavy atom. The van der Waals surface area contributed by atoms with Gasteiger partial charge in [0.25, 0.3) is 0 Å². The van der Waals surface area contributed by atoms with Gasteiger partial charge in [-0.15, -0.1) is 0 Å². The Labute approximate surface area is 46.3 Å². The van der Waals surface area contributed by atoms with Crippen molar-refractivity contribution in [1.29, 1.82) is 0 Å². The Balaban J connectivity index is 3.02. The third kappa shape index (κ3) is 31.6. The van der Waals surface area contributed by atoms with Crippen LogP contribution in [0.5, 0.6) is 0 Å². The van der Waals surface area contributed by atoms with Gasteiger partial charge in [0.15, 0.2) is 0 Å². The summed E-state index contributed by atoms with van der Waals surface area (Å²) in [6.07, 6.45) is 0. The van der Waals surface area contributed by atoms with E-state index >= 15 is 0 Å². The topological polar surface area (TPSA) is 0 Å². The molecule has 0 heterocycles. The summed E-state index contributed by atoms with van der Waals surface area (Å²) in [6, 6.07) is 0. The van der Waals surface area contributed by atoms with Gasteiger partial charge in [-0.3, -0.25) is 0 Å². The molecule has 0 atom stereocenters. The predicted molar refractivity (Wildman–Crippen MR) is 29.2 cm³/mol. The van der Waals surface area contributed by atoms with E-state index in [1.807, 2.05) is 0 Å². The summed E-state index contributed by atoms with van der Waals surface area (Å²) in [5.41, 5.74) is 0. The average molecular weight is 194 g/mol. The summed E-state index contributed by atoms with van der Waals surface area (Å²) < 4.78 is 0. The minimum atomic E-state index is -2.58. The first kappa shape index (κ1) is 6.41. The fraction of sp³-hybridized carbons (Fsp3) is 1.00. The van der Waals surface area contributed by atoms with Crippen molar-refractivity contribution in [2.75, 3.05) is 0 Å². The van der Waals surface area contributed by atoms with E-state index in [2.05, 4.69) is 0 Å². The molecule has 0 nitrogen and oxygen atoms in total. The number of hydrogen-bond acceptors (Lipinski definition) is 0. The van der Waals surface area contributed by atoms with Crippen LogP contribution >= 0.6 is 30.0 Å². The summed E-state index contributed by atoms with van der Waals surface area (Å²) in [4.78, 5) is 0. The van der Waals surface area contributed by atoms with Gasteiger partial charge < -0.3 is 0 Å². The number of rotatable bonds is 0. The minimum absolute atomic E-state index is 1.67. The van der Waals surface area contributed by atoms with Gasteiger partial charge in [0, 0.05) is 0 Å². The zero-order chi connectivity index (χ0) is 4.50. The Morgan fingerprint density at radius 3 is 1.20 bits per heavy atom. The fourth-order valence-electron chi connectivity index (χ4n) is 0. The molecular weight excluding hydrogens is 191 g/mol. The summed E-state index contributed by atoms with van der Waals surface area (Å²) in [5, 5.41) is 0. The van der Waals surface area contributed by atoms with Crippen LogP contribution in [0.25, 0.3) is 0 Å². The molecule has 5 heavy (non-hydrogen) atoms. The molecule has 0 aliphatic carbocycles. The van der Waals surface area contributed by atoms with E-state index in [0.29, 0.717) is 0 Å². The van der Waals surface area contributed by atoms with Crippen LogP contribution in [0.1, 0.15) is 0 Å². The van der Waals surface area contributed by atoms with E-state index in [-0.39, 0.29) is 0 Å². The van der Waals surface area contributed by atoms with E-state index in [1.54, 1.807) is 5.76 Å². The monoisotopic (exact) mass is 194 g/mol. The van der Waals surface area contributed by atoms with Gasteiger partial charge >= 0.3 is 46.3 Å². The van der Waals surface area contributed by atoms with E-state index in [1.165, 1.54) is 0 Å². The molecule has 0 amide bonds. The molecular formula is CH3Cl3Ge. The number of halogens is 3. The second kappa shape index (κ2) is 1.92. The van der Waals surface area contributed by atoms with Crippen LogP contribution in [0, 0.1) is 0 Å². The van der Waals surface area contributed by atoms with Crippen molar-refractivity contribution < 1.29 is 0 Å². The van der Waals surface area contributed by atoms with Gasteiger partial charge in [-0.25, -0.2) is 0 Å². The Kier molecular flexibility index (Phi) is 2.46. The van der Waals surface area contributed by atoms with Crippen LogP contribution in [0.3, 0.4) is 0 Å². The number of hydrogen-bond donors (Lipinski definition) is 0. The molecule has 32 valence electrons. The van der Waals surface area contributed by atoms with Crippen LogP contribution in [0.2, 0.25) is 5.76 Å². The summed E-state index contributed by atoms with van der Waals surface area (Å²) in [7, 11) is 13.2. The summed E-state index contributed by atoms with van der Waals surface area (Å²) in [6.45, 7) is 0. The van der Waals surface area contributed by atoms with Gasteiger partial charge in [0.2, 0.25) is 0 Å². The summed E-state index contributed by atoms with van der Waals surface area (Å²) in [5.74, 6) is 1.67. The summed E-state index contributed by atoms with van der Waals surface area (Å²) >= 11 is 0. The van der Waals surface area contributed by atoms with Crippen molar-refractivity contribution in [3.8, 4) is 0 Å². The standard InChI is InChI=1S/CH3Cl3Ge/c1-5(2,3)4/h1H3. The van der Waals surface area contributed by atoms with E-state index in [4.69, 9.17) is 30.0 Å². The molecule has 0 aliphatic rings. The first-order valence-electron chi connectivity index (χ1n) is 1.07. The average Bonchev–Trinajstić information content (AvgIpc) is 0.722. The maximum absolute atomic E-state index is 5.25. The van der Waals surface area contributed by atoms with Crippen LogP contribution in [-0.2, 0) is 0 Å². The zero-order valence-electron chi connectivity index (χ0n) is 2.63. The molecule has 0 fully saturated rings. The van der Waals surface area contributed by atoms with Crippen molar-refractivity contribution in [2.45, 2.75) is 5.76 Å². The van der Waals surface area contributed by atoms with Crippen LogP contribution in [-0.4, -0.2) is 10.5 Å². The van der Waals surface area contributed by atoms with Gasteiger partial charge in [-0.2, -0.15) is 0 Å². The molecule has 0 unspecified atom stereocenters. The van der Waals surface area contributed by atoms with Gasteiger partial charge in [-0.05, 0) is 0 Å².